The van der Waals surface area contributed by atoms with E-state index in [0.29, 0.717) is 24.6 Å². The summed E-state index contributed by atoms with van der Waals surface area (Å²) in [6.07, 6.45) is 5.71. The van der Waals surface area contributed by atoms with Crippen molar-refractivity contribution in [3.05, 3.63) is 35.9 Å². The van der Waals surface area contributed by atoms with Gasteiger partial charge in [0.2, 0.25) is 5.91 Å². The quantitative estimate of drug-likeness (QED) is 0.853. The molecule has 1 spiro atoms. The van der Waals surface area contributed by atoms with Crippen molar-refractivity contribution in [2.24, 2.45) is 5.92 Å². The van der Waals surface area contributed by atoms with E-state index in [0.717, 1.165) is 25.7 Å². The lowest BCUT2D eigenvalue weighted by Gasteiger charge is -2.43. The Morgan fingerprint density at radius 1 is 1.29 bits per heavy atom. The van der Waals surface area contributed by atoms with E-state index in [1.165, 1.54) is 12.0 Å². The van der Waals surface area contributed by atoms with Gasteiger partial charge in [0.15, 0.2) is 0 Å². The summed E-state index contributed by atoms with van der Waals surface area (Å²) in [4.78, 5) is 12.1. The molecule has 1 aromatic rings. The molecule has 3 unspecified atom stereocenters. The zero-order chi connectivity index (χ0) is 14.7. The van der Waals surface area contributed by atoms with Crippen LogP contribution in [0.15, 0.2) is 30.3 Å². The fourth-order valence-electron chi connectivity index (χ4n) is 3.90. The number of carbonyl (C=O) groups excluding carboxylic acids is 1. The summed E-state index contributed by atoms with van der Waals surface area (Å²) >= 11 is -0.910. The van der Waals surface area contributed by atoms with Crippen LogP contribution in [0.25, 0.3) is 0 Å². The zero-order valence-corrected chi connectivity index (χ0v) is 13.2. The van der Waals surface area contributed by atoms with Gasteiger partial charge in [0.05, 0.1) is 13.0 Å². The molecule has 1 heterocycles. The number of hydrogen-bond donors (Lipinski definition) is 1. The second kappa shape index (κ2) is 6.41. The third-order valence-corrected chi connectivity index (χ3v) is 7.16. The van der Waals surface area contributed by atoms with Crippen LogP contribution in [0.1, 0.15) is 37.7 Å². The third kappa shape index (κ3) is 3.11. The van der Waals surface area contributed by atoms with Gasteiger partial charge in [-0.1, -0.05) is 36.8 Å². The highest BCUT2D eigenvalue weighted by Crippen LogP contribution is 2.45. The van der Waals surface area contributed by atoms with Crippen LogP contribution in [0, 0.1) is 5.92 Å². The molecular weight excluding hydrogens is 282 g/mol. The maximum atomic E-state index is 12.9. The minimum Gasteiger partial charge on any atom is -0.616 e. The Labute approximate surface area is 129 Å². The van der Waals surface area contributed by atoms with E-state index in [1.54, 1.807) is 0 Å². The lowest BCUT2D eigenvalue weighted by Crippen LogP contribution is -2.50. The zero-order valence-electron chi connectivity index (χ0n) is 12.3. The standard InChI is InChI=1S/C17H23NO2S/c19-16-13-17(21(20)11-10-18-16)9-5-4-8-15(17)12-14-6-2-1-3-7-14/h1-3,6-7,15H,4-5,8-13H2,(H,18,19). The van der Waals surface area contributed by atoms with Crippen LogP contribution in [0.5, 0.6) is 0 Å². The molecule has 3 nitrogen and oxygen atoms in total. The predicted molar refractivity (Wildman–Crippen MR) is 85.5 cm³/mol. The Morgan fingerprint density at radius 3 is 2.90 bits per heavy atom. The van der Waals surface area contributed by atoms with Crippen molar-refractivity contribution in [2.45, 2.75) is 43.3 Å². The molecular formula is C17H23NO2S. The first-order valence-corrected chi connectivity index (χ1v) is 9.22. The number of nitrogens with one attached hydrogen (secondary N) is 1. The number of hydrogen-bond acceptors (Lipinski definition) is 2. The van der Waals surface area contributed by atoms with Gasteiger partial charge in [-0.25, -0.2) is 0 Å². The van der Waals surface area contributed by atoms with Gasteiger partial charge in [0.25, 0.3) is 0 Å². The normalized spacial score (nSPS) is 33.5. The van der Waals surface area contributed by atoms with E-state index in [4.69, 9.17) is 0 Å². The van der Waals surface area contributed by atoms with E-state index in [-0.39, 0.29) is 10.7 Å². The molecule has 3 rings (SSSR count). The predicted octanol–water partition coefficient (Wildman–Crippen LogP) is 2.43. The molecule has 4 heteroatoms. The fraction of sp³-hybridized carbons (Fsp3) is 0.588. The molecule has 1 aliphatic heterocycles. The van der Waals surface area contributed by atoms with Gasteiger partial charge in [0.1, 0.15) is 10.5 Å². The second-order valence-corrected chi connectivity index (χ2v) is 8.19. The van der Waals surface area contributed by atoms with Crippen LogP contribution in [-0.4, -0.2) is 27.5 Å². The van der Waals surface area contributed by atoms with Crippen molar-refractivity contribution in [1.29, 1.82) is 0 Å². The third-order valence-electron chi connectivity index (χ3n) is 4.99. The van der Waals surface area contributed by atoms with Gasteiger partial charge in [-0.3, -0.25) is 4.79 Å². The first-order chi connectivity index (χ1) is 10.2. The van der Waals surface area contributed by atoms with E-state index in [2.05, 4.69) is 29.6 Å². The summed E-state index contributed by atoms with van der Waals surface area (Å²) in [6.45, 7) is 0.561. The minimum atomic E-state index is -0.910. The molecule has 0 bridgehead atoms. The maximum Gasteiger partial charge on any atom is 0.225 e. The minimum absolute atomic E-state index is 0.0841. The van der Waals surface area contributed by atoms with Crippen molar-refractivity contribution in [1.82, 2.24) is 5.32 Å². The van der Waals surface area contributed by atoms with E-state index in [9.17, 15) is 9.35 Å². The lowest BCUT2D eigenvalue weighted by atomic mass is 9.73. The van der Waals surface area contributed by atoms with Crippen molar-refractivity contribution in [2.75, 3.05) is 12.3 Å². The first-order valence-electron chi connectivity index (χ1n) is 7.90. The number of rotatable bonds is 2. The Bertz CT molecular complexity index is 493. The first kappa shape index (κ1) is 14.9. The topological polar surface area (TPSA) is 52.2 Å². The summed E-state index contributed by atoms with van der Waals surface area (Å²) in [5, 5.41) is 2.90. The Balaban J connectivity index is 1.86. The highest BCUT2D eigenvalue weighted by Gasteiger charge is 2.52. The van der Waals surface area contributed by atoms with Gasteiger partial charge < -0.3 is 9.87 Å². The van der Waals surface area contributed by atoms with Crippen LogP contribution < -0.4 is 5.32 Å². The van der Waals surface area contributed by atoms with E-state index < -0.39 is 11.2 Å². The number of amides is 1. The Hall–Kier alpha value is -1.00. The van der Waals surface area contributed by atoms with Crippen molar-refractivity contribution < 1.29 is 9.35 Å². The number of benzene rings is 1. The molecule has 2 fully saturated rings. The summed E-state index contributed by atoms with van der Waals surface area (Å²) in [5.41, 5.74) is 1.30. The number of carbonyl (C=O) groups is 1. The molecule has 0 radical (unpaired) electrons. The summed E-state index contributed by atoms with van der Waals surface area (Å²) < 4.78 is 12.6. The molecule has 1 saturated heterocycles. The van der Waals surface area contributed by atoms with Crippen LogP contribution in [-0.2, 0) is 22.4 Å². The molecule has 1 aliphatic carbocycles. The highest BCUT2D eigenvalue weighted by atomic mass is 32.2. The molecule has 3 atom stereocenters. The van der Waals surface area contributed by atoms with Gasteiger partial charge in [-0.05, 0) is 42.4 Å². The second-order valence-electron chi connectivity index (χ2n) is 6.27. The smallest absolute Gasteiger partial charge is 0.225 e. The monoisotopic (exact) mass is 305 g/mol. The molecule has 1 saturated carbocycles. The van der Waals surface area contributed by atoms with Crippen molar-refractivity contribution >= 4 is 17.1 Å². The van der Waals surface area contributed by atoms with E-state index >= 15 is 0 Å². The lowest BCUT2D eigenvalue weighted by molar-refractivity contribution is -0.121. The van der Waals surface area contributed by atoms with Crippen molar-refractivity contribution in [3.8, 4) is 0 Å². The molecule has 1 amide bonds. The fourth-order valence-corrected chi connectivity index (χ4v) is 5.83. The molecule has 114 valence electrons. The van der Waals surface area contributed by atoms with Crippen LogP contribution in [0.4, 0.5) is 0 Å². The Kier molecular flexibility index (Phi) is 4.55. The van der Waals surface area contributed by atoms with Crippen LogP contribution >= 0.6 is 0 Å². The van der Waals surface area contributed by atoms with E-state index in [1.807, 2.05) is 6.07 Å². The Morgan fingerprint density at radius 2 is 2.10 bits per heavy atom. The van der Waals surface area contributed by atoms with Crippen LogP contribution in [0.2, 0.25) is 0 Å². The highest BCUT2D eigenvalue weighted by molar-refractivity contribution is 7.92. The molecule has 21 heavy (non-hydrogen) atoms. The summed E-state index contributed by atoms with van der Waals surface area (Å²) in [5.74, 6) is 1.05. The van der Waals surface area contributed by atoms with Gasteiger partial charge in [0, 0.05) is 5.92 Å². The van der Waals surface area contributed by atoms with Crippen LogP contribution in [0.3, 0.4) is 0 Å². The maximum absolute atomic E-state index is 12.9. The molecule has 0 aromatic heterocycles. The van der Waals surface area contributed by atoms with Gasteiger partial charge in [-0.2, -0.15) is 0 Å². The van der Waals surface area contributed by atoms with Crippen molar-refractivity contribution in [3.63, 3.8) is 0 Å². The average molecular weight is 305 g/mol. The molecule has 1 N–H and O–H groups in total. The van der Waals surface area contributed by atoms with Gasteiger partial charge in [-0.15, -0.1) is 0 Å². The molecule has 1 aromatic carbocycles. The summed E-state index contributed by atoms with van der Waals surface area (Å²) in [6, 6.07) is 10.4. The summed E-state index contributed by atoms with van der Waals surface area (Å²) in [7, 11) is 0. The van der Waals surface area contributed by atoms with Gasteiger partial charge >= 0.3 is 0 Å². The average Bonchev–Trinajstić information content (AvgIpc) is 2.63. The largest absolute Gasteiger partial charge is 0.616 e. The SMILES string of the molecule is O=C1CC2(CCCCC2Cc2ccccc2)[S+]([O-])CCN1. The molecule has 2 aliphatic rings.